The summed E-state index contributed by atoms with van der Waals surface area (Å²) in [4.78, 5) is 25.0. The van der Waals surface area contributed by atoms with Crippen molar-refractivity contribution in [2.45, 2.75) is 25.3 Å². The van der Waals surface area contributed by atoms with E-state index in [-0.39, 0.29) is 18.6 Å². The summed E-state index contributed by atoms with van der Waals surface area (Å²) < 4.78 is 5.51. The molecule has 0 saturated carbocycles. The molecule has 1 aliphatic heterocycles. The molecule has 1 aromatic carbocycles. The number of ether oxygens (including phenoxy) is 1. The molecule has 0 bridgehead atoms. The van der Waals surface area contributed by atoms with Crippen molar-refractivity contribution in [1.29, 1.82) is 0 Å². The van der Waals surface area contributed by atoms with Crippen LogP contribution in [0, 0.1) is 0 Å². The van der Waals surface area contributed by atoms with E-state index < -0.39 is 5.91 Å². The first kappa shape index (κ1) is 15.3. The standard InChI is InChI=1S/C15H21N3O3/c16-10-12-4-2-7-18(12)14(19)6-8-21-13-5-1-3-11(9-13)15(17)20/h1,3,5,9,12H,2,4,6-8,10,16H2,(H2,17,20). The van der Waals surface area contributed by atoms with Crippen molar-refractivity contribution in [3.05, 3.63) is 29.8 Å². The van der Waals surface area contributed by atoms with E-state index in [1.54, 1.807) is 24.3 Å². The van der Waals surface area contributed by atoms with Crippen LogP contribution in [0.25, 0.3) is 0 Å². The second-order valence-corrected chi connectivity index (χ2v) is 5.11. The summed E-state index contributed by atoms with van der Waals surface area (Å²) in [6, 6.07) is 6.79. The summed E-state index contributed by atoms with van der Waals surface area (Å²) in [5.41, 5.74) is 11.3. The van der Waals surface area contributed by atoms with E-state index in [0.717, 1.165) is 19.4 Å². The first-order valence-electron chi connectivity index (χ1n) is 7.14. The Morgan fingerprint density at radius 2 is 2.19 bits per heavy atom. The van der Waals surface area contributed by atoms with Crippen molar-refractivity contribution in [1.82, 2.24) is 4.90 Å². The molecule has 1 fully saturated rings. The Balaban J connectivity index is 1.82. The van der Waals surface area contributed by atoms with Crippen LogP contribution in [0.15, 0.2) is 24.3 Å². The van der Waals surface area contributed by atoms with Gasteiger partial charge in [-0.25, -0.2) is 0 Å². The third-order valence-electron chi connectivity index (χ3n) is 3.67. The number of amides is 2. The van der Waals surface area contributed by atoms with Gasteiger partial charge in [-0.3, -0.25) is 9.59 Å². The molecule has 4 N–H and O–H groups in total. The van der Waals surface area contributed by atoms with Crippen LogP contribution in [-0.4, -0.2) is 42.5 Å². The molecule has 1 heterocycles. The smallest absolute Gasteiger partial charge is 0.248 e. The highest BCUT2D eigenvalue weighted by atomic mass is 16.5. The fourth-order valence-corrected chi connectivity index (χ4v) is 2.55. The van der Waals surface area contributed by atoms with Crippen molar-refractivity contribution >= 4 is 11.8 Å². The molecule has 1 aliphatic rings. The highest BCUT2D eigenvalue weighted by molar-refractivity contribution is 5.93. The molecule has 0 aromatic heterocycles. The van der Waals surface area contributed by atoms with Crippen LogP contribution < -0.4 is 16.2 Å². The number of primary amides is 1. The Hall–Kier alpha value is -2.08. The van der Waals surface area contributed by atoms with Crippen molar-refractivity contribution in [2.75, 3.05) is 19.7 Å². The molecule has 6 heteroatoms. The average Bonchev–Trinajstić information content (AvgIpc) is 2.96. The second kappa shape index (κ2) is 7.08. The summed E-state index contributed by atoms with van der Waals surface area (Å²) >= 11 is 0. The molecule has 1 aromatic rings. The molecular formula is C15H21N3O3. The minimum Gasteiger partial charge on any atom is -0.493 e. The fraction of sp³-hybridized carbons (Fsp3) is 0.467. The third-order valence-corrected chi connectivity index (χ3v) is 3.67. The van der Waals surface area contributed by atoms with Gasteiger partial charge in [0, 0.05) is 24.7 Å². The molecule has 0 radical (unpaired) electrons. The van der Waals surface area contributed by atoms with Crippen molar-refractivity contribution in [3.8, 4) is 5.75 Å². The van der Waals surface area contributed by atoms with Crippen LogP contribution >= 0.6 is 0 Å². The summed E-state index contributed by atoms with van der Waals surface area (Å²) in [7, 11) is 0. The minimum atomic E-state index is -0.501. The quantitative estimate of drug-likeness (QED) is 0.797. The van der Waals surface area contributed by atoms with Crippen LogP contribution in [0.2, 0.25) is 0 Å². The molecule has 2 amide bonds. The largest absolute Gasteiger partial charge is 0.493 e. The maximum absolute atomic E-state index is 12.1. The minimum absolute atomic E-state index is 0.0639. The molecule has 6 nitrogen and oxygen atoms in total. The molecular weight excluding hydrogens is 270 g/mol. The van der Waals surface area contributed by atoms with E-state index in [1.165, 1.54) is 0 Å². The summed E-state index contributed by atoms with van der Waals surface area (Å²) in [5.74, 6) is 0.101. The lowest BCUT2D eigenvalue weighted by atomic mass is 10.2. The highest BCUT2D eigenvalue weighted by Gasteiger charge is 2.26. The van der Waals surface area contributed by atoms with Gasteiger partial charge in [0.25, 0.3) is 0 Å². The summed E-state index contributed by atoms with van der Waals surface area (Å²) in [6.45, 7) is 1.56. The Kier molecular flexibility index (Phi) is 5.16. The molecule has 2 rings (SSSR count). The number of carbonyl (C=O) groups excluding carboxylic acids is 2. The average molecular weight is 291 g/mol. The predicted molar refractivity (Wildman–Crippen MR) is 78.9 cm³/mol. The number of carbonyl (C=O) groups is 2. The molecule has 1 saturated heterocycles. The van der Waals surface area contributed by atoms with Gasteiger partial charge in [0.05, 0.1) is 13.0 Å². The van der Waals surface area contributed by atoms with Crippen LogP contribution in [0.3, 0.4) is 0 Å². The van der Waals surface area contributed by atoms with Gasteiger partial charge in [-0.15, -0.1) is 0 Å². The Bertz CT molecular complexity index is 519. The number of likely N-dealkylation sites (tertiary alicyclic amines) is 1. The van der Waals surface area contributed by atoms with E-state index in [1.807, 2.05) is 4.90 Å². The van der Waals surface area contributed by atoms with Crippen molar-refractivity contribution < 1.29 is 14.3 Å². The van der Waals surface area contributed by atoms with Gasteiger partial charge in [-0.1, -0.05) is 6.07 Å². The zero-order chi connectivity index (χ0) is 15.2. The predicted octanol–water partition coefficient (Wildman–Crippen LogP) is 0.504. The van der Waals surface area contributed by atoms with Gasteiger partial charge in [0.15, 0.2) is 0 Å². The number of hydrogen-bond donors (Lipinski definition) is 2. The van der Waals surface area contributed by atoms with E-state index >= 15 is 0 Å². The van der Waals surface area contributed by atoms with Gasteiger partial charge >= 0.3 is 0 Å². The lowest BCUT2D eigenvalue weighted by Crippen LogP contribution is -2.40. The van der Waals surface area contributed by atoms with E-state index in [0.29, 0.717) is 24.3 Å². The summed E-state index contributed by atoms with van der Waals surface area (Å²) in [6.07, 6.45) is 2.29. The third kappa shape index (κ3) is 3.95. The molecule has 0 spiro atoms. The summed E-state index contributed by atoms with van der Waals surface area (Å²) in [5, 5.41) is 0. The lowest BCUT2D eigenvalue weighted by Gasteiger charge is -2.23. The van der Waals surface area contributed by atoms with E-state index in [9.17, 15) is 9.59 Å². The number of benzene rings is 1. The molecule has 21 heavy (non-hydrogen) atoms. The fourth-order valence-electron chi connectivity index (χ4n) is 2.55. The maximum atomic E-state index is 12.1. The first-order chi connectivity index (χ1) is 10.1. The maximum Gasteiger partial charge on any atom is 0.248 e. The van der Waals surface area contributed by atoms with Crippen LogP contribution in [0.4, 0.5) is 0 Å². The SMILES string of the molecule is NCC1CCCN1C(=O)CCOc1cccc(C(N)=O)c1. The molecule has 1 atom stereocenters. The molecule has 1 unspecified atom stereocenters. The van der Waals surface area contributed by atoms with Crippen LogP contribution in [-0.2, 0) is 4.79 Å². The highest BCUT2D eigenvalue weighted by Crippen LogP contribution is 2.18. The van der Waals surface area contributed by atoms with E-state index in [4.69, 9.17) is 16.2 Å². The zero-order valence-electron chi connectivity index (χ0n) is 12.0. The Morgan fingerprint density at radius 3 is 2.90 bits per heavy atom. The number of nitrogens with zero attached hydrogens (tertiary/aromatic N) is 1. The first-order valence-corrected chi connectivity index (χ1v) is 7.14. The normalized spacial score (nSPS) is 17.8. The Labute approximate surface area is 124 Å². The monoisotopic (exact) mass is 291 g/mol. The van der Waals surface area contributed by atoms with Crippen molar-refractivity contribution in [3.63, 3.8) is 0 Å². The van der Waals surface area contributed by atoms with Gasteiger partial charge < -0.3 is 21.1 Å². The van der Waals surface area contributed by atoms with Crippen LogP contribution in [0.5, 0.6) is 5.75 Å². The zero-order valence-corrected chi connectivity index (χ0v) is 12.0. The molecule has 0 aliphatic carbocycles. The number of rotatable bonds is 6. The van der Waals surface area contributed by atoms with Gasteiger partial charge in [0.1, 0.15) is 5.75 Å². The van der Waals surface area contributed by atoms with Crippen molar-refractivity contribution in [2.24, 2.45) is 11.5 Å². The lowest BCUT2D eigenvalue weighted by molar-refractivity contribution is -0.132. The van der Waals surface area contributed by atoms with Gasteiger partial charge in [-0.2, -0.15) is 0 Å². The topological polar surface area (TPSA) is 98.7 Å². The number of nitrogens with two attached hydrogens (primary N) is 2. The van der Waals surface area contributed by atoms with Crippen LogP contribution in [0.1, 0.15) is 29.6 Å². The number of hydrogen-bond acceptors (Lipinski definition) is 4. The molecule has 114 valence electrons. The van der Waals surface area contributed by atoms with Gasteiger partial charge in [0.2, 0.25) is 11.8 Å². The van der Waals surface area contributed by atoms with Gasteiger partial charge in [-0.05, 0) is 31.0 Å². The Morgan fingerprint density at radius 1 is 1.38 bits per heavy atom. The van der Waals surface area contributed by atoms with E-state index in [2.05, 4.69) is 0 Å². The second-order valence-electron chi connectivity index (χ2n) is 5.11.